The van der Waals surface area contributed by atoms with Crippen LogP contribution in [-0.2, 0) is 32.1 Å². The van der Waals surface area contributed by atoms with Gasteiger partial charge < -0.3 is 0 Å². The van der Waals surface area contributed by atoms with E-state index in [2.05, 4.69) is 111 Å². The second-order valence-corrected chi connectivity index (χ2v) is 8.50. The molecular formula is C31H32. The van der Waals surface area contributed by atoms with Crippen LogP contribution in [0.5, 0.6) is 0 Å². The number of benzene rings is 4. The highest BCUT2D eigenvalue weighted by Gasteiger charge is 2.02. The molecule has 0 aliphatic rings. The Morgan fingerprint density at radius 2 is 0.452 bits per heavy atom. The molecule has 0 heterocycles. The van der Waals surface area contributed by atoms with Crippen molar-refractivity contribution < 1.29 is 0 Å². The molecule has 31 heavy (non-hydrogen) atoms. The molecule has 4 aromatic rings. The lowest BCUT2D eigenvalue weighted by Crippen LogP contribution is -1.93. The Bertz CT molecular complexity index is 976. The van der Waals surface area contributed by atoms with E-state index in [9.17, 15) is 0 Å². The summed E-state index contributed by atoms with van der Waals surface area (Å²) in [6.07, 6.45) is 5.18. The van der Waals surface area contributed by atoms with E-state index >= 15 is 0 Å². The smallest absolute Gasteiger partial charge is 0.00258 e. The average molecular weight is 405 g/mol. The summed E-state index contributed by atoms with van der Waals surface area (Å²) in [5.74, 6) is 0. The number of aryl methyl sites for hydroxylation is 2. The van der Waals surface area contributed by atoms with Gasteiger partial charge in [-0.3, -0.25) is 0 Å². The van der Waals surface area contributed by atoms with E-state index in [1.807, 2.05) is 0 Å². The van der Waals surface area contributed by atoms with Gasteiger partial charge in [-0.15, -0.1) is 0 Å². The first-order chi connectivity index (χ1) is 15.2. The van der Waals surface area contributed by atoms with Crippen LogP contribution in [0.15, 0.2) is 97.1 Å². The zero-order chi connectivity index (χ0) is 21.5. The normalized spacial score (nSPS) is 10.9. The molecule has 0 saturated carbocycles. The lowest BCUT2D eigenvalue weighted by molar-refractivity contribution is 1.11. The van der Waals surface area contributed by atoms with Crippen LogP contribution in [0, 0.1) is 0 Å². The summed E-state index contributed by atoms with van der Waals surface area (Å²) in [5, 5.41) is 0. The van der Waals surface area contributed by atoms with Crippen molar-refractivity contribution in [1.29, 1.82) is 0 Å². The van der Waals surface area contributed by atoms with Crippen molar-refractivity contribution in [2.24, 2.45) is 0 Å². The van der Waals surface area contributed by atoms with Gasteiger partial charge in [-0.2, -0.15) is 0 Å². The van der Waals surface area contributed by atoms with Crippen molar-refractivity contribution in [1.82, 2.24) is 0 Å². The van der Waals surface area contributed by atoms with Gasteiger partial charge in [-0.1, -0.05) is 111 Å². The van der Waals surface area contributed by atoms with Gasteiger partial charge in [0.15, 0.2) is 0 Å². The molecule has 0 heteroatoms. The molecule has 0 N–H and O–H groups in total. The fraction of sp³-hybridized carbons (Fsp3) is 0.226. The van der Waals surface area contributed by atoms with E-state index < -0.39 is 0 Å². The maximum absolute atomic E-state index is 2.28. The third-order valence-corrected chi connectivity index (χ3v) is 6.13. The van der Waals surface area contributed by atoms with Crippen molar-refractivity contribution in [3.63, 3.8) is 0 Å². The highest BCUT2D eigenvalue weighted by atomic mass is 14.1. The van der Waals surface area contributed by atoms with Gasteiger partial charge in [0, 0.05) is 0 Å². The van der Waals surface area contributed by atoms with Gasteiger partial charge in [0.25, 0.3) is 0 Å². The zero-order valence-electron chi connectivity index (χ0n) is 18.8. The van der Waals surface area contributed by atoms with Crippen molar-refractivity contribution in [3.8, 4) is 0 Å². The third kappa shape index (κ3) is 5.95. The largest absolute Gasteiger partial charge is 0.0613 e. The molecule has 4 rings (SSSR count). The molecule has 0 amide bonds. The summed E-state index contributed by atoms with van der Waals surface area (Å²) < 4.78 is 0. The number of rotatable bonds is 8. The standard InChI is InChI=1S/C31H32/c1-3-24-5-9-26(10-6-24)21-28-13-17-30(18-14-28)23-31-19-15-29(16-20-31)22-27-11-7-25(4-2)8-12-27/h5-20H,3-4,21-23H2,1-2H3. The highest BCUT2D eigenvalue weighted by Crippen LogP contribution is 2.17. The van der Waals surface area contributed by atoms with Gasteiger partial charge in [-0.05, 0) is 76.6 Å². The van der Waals surface area contributed by atoms with Crippen molar-refractivity contribution in [2.75, 3.05) is 0 Å². The molecule has 0 saturated heterocycles. The lowest BCUT2D eigenvalue weighted by Gasteiger charge is -2.08. The summed E-state index contributed by atoms with van der Waals surface area (Å²) in [4.78, 5) is 0. The number of hydrogen-bond acceptors (Lipinski definition) is 0. The Kier molecular flexibility index (Phi) is 6.99. The second-order valence-electron chi connectivity index (χ2n) is 8.50. The van der Waals surface area contributed by atoms with Crippen LogP contribution in [0.3, 0.4) is 0 Å². The first-order valence-electron chi connectivity index (χ1n) is 11.5. The maximum atomic E-state index is 2.28. The molecule has 156 valence electrons. The average Bonchev–Trinajstić information content (AvgIpc) is 2.82. The first kappa shape index (κ1) is 21.1. The molecule has 0 aliphatic carbocycles. The second kappa shape index (κ2) is 10.3. The minimum Gasteiger partial charge on any atom is -0.0613 e. The summed E-state index contributed by atoms with van der Waals surface area (Å²) in [6, 6.07) is 36.2. The Balaban J connectivity index is 1.34. The SMILES string of the molecule is CCc1ccc(Cc2ccc(Cc3ccc(Cc4ccc(CC)cc4)cc3)cc2)cc1. The molecule has 0 fully saturated rings. The fourth-order valence-corrected chi connectivity index (χ4v) is 4.04. The summed E-state index contributed by atoms with van der Waals surface area (Å²) in [7, 11) is 0. The van der Waals surface area contributed by atoms with Gasteiger partial charge in [-0.25, -0.2) is 0 Å². The van der Waals surface area contributed by atoms with Gasteiger partial charge in [0.2, 0.25) is 0 Å². The lowest BCUT2D eigenvalue weighted by atomic mass is 9.98. The van der Waals surface area contributed by atoms with Crippen LogP contribution in [0.4, 0.5) is 0 Å². The van der Waals surface area contributed by atoms with E-state index in [-0.39, 0.29) is 0 Å². The summed E-state index contributed by atoms with van der Waals surface area (Å²) in [5.41, 5.74) is 11.0. The monoisotopic (exact) mass is 404 g/mol. The van der Waals surface area contributed by atoms with E-state index in [0.717, 1.165) is 32.1 Å². The third-order valence-electron chi connectivity index (χ3n) is 6.13. The molecule has 0 bridgehead atoms. The molecule has 0 aliphatic heterocycles. The molecule has 0 nitrogen and oxygen atoms in total. The quantitative estimate of drug-likeness (QED) is 0.284. The minimum absolute atomic E-state index is 0.983. The van der Waals surface area contributed by atoms with Crippen molar-refractivity contribution >= 4 is 0 Å². The maximum Gasteiger partial charge on any atom is -0.00258 e. The number of hydrogen-bond donors (Lipinski definition) is 0. The molecule has 0 radical (unpaired) electrons. The van der Waals surface area contributed by atoms with Gasteiger partial charge in [0.1, 0.15) is 0 Å². The van der Waals surface area contributed by atoms with Gasteiger partial charge >= 0.3 is 0 Å². The molecule has 0 spiro atoms. The predicted octanol–water partition coefficient (Wildman–Crippen LogP) is 7.58. The fourth-order valence-electron chi connectivity index (χ4n) is 4.04. The van der Waals surface area contributed by atoms with Gasteiger partial charge in [0.05, 0.1) is 0 Å². The topological polar surface area (TPSA) is 0 Å². The van der Waals surface area contributed by atoms with Crippen LogP contribution in [0.2, 0.25) is 0 Å². The van der Waals surface area contributed by atoms with Crippen LogP contribution in [0.1, 0.15) is 58.4 Å². The predicted molar refractivity (Wildman–Crippen MR) is 133 cm³/mol. The van der Waals surface area contributed by atoms with Crippen LogP contribution in [0.25, 0.3) is 0 Å². The molecule has 4 aromatic carbocycles. The summed E-state index contributed by atoms with van der Waals surface area (Å²) in [6.45, 7) is 4.40. The van der Waals surface area contributed by atoms with E-state index in [4.69, 9.17) is 0 Å². The van der Waals surface area contributed by atoms with Crippen LogP contribution >= 0.6 is 0 Å². The molecule has 0 unspecified atom stereocenters. The van der Waals surface area contributed by atoms with Crippen LogP contribution < -0.4 is 0 Å². The van der Waals surface area contributed by atoms with Crippen molar-refractivity contribution in [2.45, 2.75) is 46.0 Å². The Labute approximate surface area is 187 Å². The van der Waals surface area contributed by atoms with Crippen molar-refractivity contribution in [3.05, 3.63) is 142 Å². The Morgan fingerprint density at radius 3 is 0.613 bits per heavy atom. The summed E-state index contributed by atoms with van der Waals surface area (Å²) >= 11 is 0. The molecular weight excluding hydrogens is 372 g/mol. The van der Waals surface area contributed by atoms with Crippen LogP contribution in [-0.4, -0.2) is 0 Å². The minimum atomic E-state index is 0.983. The first-order valence-corrected chi connectivity index (χ1v) is 11.5. The Hall–Kier alpha value is -3.12. The highest BCUT2D eigenvalue weighted by molar-refractivity contribution is 5.35. The van der Waals surface area contributed by atoms with E-state index in [1.54, 1.807) is 0 Å². The van der Waals surface area contributed by atoms with E-state index in [0.29, 0.717) is 0 Å². The zero-order valence-corrected chi connectivity index (χ0v) is 18.8. The Morgan fingerprint density at radius 1 is 0.290 bits per heavy atom. The van der Waals surface area contributed by atoms with E-state index in [1.165, 1.54) is 44.5 Å². The molecule has 0 atom stereocenters. The molecule has 0 aromatic heterocycles.